The third-order valence-electron chi connectivity index (χ3n) is 1.88. The van der Waals surface area contributed by atoms with Crippen molar-refractivity contribution in [3.05, 3.63) is 35.9 Å². The number of benzene rings is 1. The minimum atomic E-state index is -0.0932. The highest BCUT2D eigenvalue weighted by Gasteiger charge is 2.05. The lowest BCUT2D eigenvalue weighted by Gasteiger charge is -2.11. The molecule has 1 aromatic carbocycles. The first-order valence-corrected chi connectivity index (χ1v) is 5.63. The monoisotopic (exact) mass is 236 g/mol. The van der Waals surface area contributed by atoms with Crippen molar-refractivity contribution < 1.29 is 4.79 Å². The Balaban J connectivity index is 2.39. The Morgan fingerprint density at radius 1 is 1.31 bits per heavy atom. The molecular weight excluding hydrogens is 220 g/mol. The summed E-state index contributed by atoms with van der Waals surface area (Å²) in [7, 11) is 0. The van der Waals surface area contributed by atoms with E-state index in [0.717, 1.165) is 5.56 Å². The highest BCUT2D eigenvalue weighted by atomic mass is 32.1. The summed E-state index contributed by atoms with van der Waals surface area (Å²) in [5, 5.41) is 5.99. The van der Waals surface area contributed by atoms with Gasteiger partial charge in [0, 0.05) is 6.04 Å². The fraction of sp³-hybridized carbons (Fsp3) is 0.333. The van der Waals surface area contributed by atoms with Crippen LogP contribution in [0.4, 0.5) is 0 Å². The second kappa shape index (κ2) is 6.23. The SMILES string of the molecule is CC(C)NC(=S)NC(=O)Cc1ccccc1. The molecule has 0 heterocycles. The van der Waals surface area contributed by atoms with Gasteiger partial charge in [0.25, 0.3) is 0 Å². The third kappa shape index (κ3) is 4.89. The Bertz CT molecular complexity index is 363. The number of carbonyl (C=O) groups excluding carboxylic acids is 1. The zero-order valence-electron chi connectivity index (χ0n) is 9.49. The van der Waals surface area contributed by atoms with Crippen LogP contribution in [0, 0.1) is 0 Å². The lowest BCUT2D eigenvalue weighted by molar-refractivity contribution is -0.119. The average molecular weight is 236 g/mol. The zero-order valence-corrected chi connectivity index (χ0v) is 10.3. The molecule has 0 atom stereocenters. The van der Waals surface area contributed by atoms with E-state index in [0.29, 0.717) is 11.5 Å². The molecule has 16 heavy (non-hydrogen) atoms. The van der Waals surface area contributed by atoms with Crippen molar-refractivity contribution >= 4 is 23.2 Å². The summed E-state index contributed by atoms with van der Waals surface area (Å²) in [5.74, 6) is -0.0932. The van der Waals surface area contributed by atoms with E-state index in [2.05, 4.69) is 10.6 Å². The topological polar surface area (TPSA) is 41.1 Å². The smallest absolute Gasteiger partial charge is 0.230 e. The first-order chi connectivity index (χ1) is 7.58. The normalized spacial score (nSPS) is 9.94. The molecule has 0 bridgehead atoms. The lowest BCUT2D eigenvalue weighted by atomic mass is 10.1. The van der Waals surface area contributed by atoms with Crippen molar-refractivity contribution in [1.82, 2.24) is 10.6 Å². The number of hydrogen-bond acceptors (Lipinski definition) is 2. The number of carbonyl (C=O) groups is 1. The van der Waals surface area contributed by atoms with E-state index in [9.17, 15) is 4.79 Å². The molecule has 2 N–H and O–H groups in total. The number of amides is 1. The van der Waals surface area contributed by atoms with E-state index in [1.165, 1.54) is 0 Å². The van der Waals surface area contributed by atoms with Gasteiger partial charge in [-0.05, 0) is 31.6 Å². The Morgan fingerprint density at radius 3 is 2.50 bits per heavy atom. The van der Waals surface area contributed by atoms with Crippen molar-refractivity contribution in [3.8, 4) is 0 Å². The molecule has 0 aliphatic heterocycles. The Labute approximate surface area is 101 Å². The predicted octanol–water partition coefficient (Wildman–Crippen LogP) is 1.63. The van der Waals surface area contributed by atoms with Crippen LogP contribution >= 0.6 is 12.2 Å². The highest BCUT2D eigenvalue weighted by molar-refractivity contribution is 7.80. The molecule has 0 aliphatic carbocycles. The summed E-state index contributed by atoms with van der Waals surface area (Å²) >= 11 is 4.98. The summed E-state index contributed by atoms with van der Waals surface area (Å²) < 4.78 is 0. The van der Waals surface area contributed by atoms with Gasteiger partial charge in [-0.2, -0.15) is 0 Å². The number of thiocarbonyl (C=S) groups is 1. The molecule has 86 valence electrons. The lowest BCUT2D eigenvalue weighted by Crippen LogP contribution is -2.42. The van der Waals surface area contributed by atoms with Crippen LogP contribution < -0.4 is 10.6 Å². The zero-order chi connectivity index (χ0) is 12.0. The first-order valence-electron chi connectivity index (χ1n) is 5.22. The van der Waals surface area contributed by atoms with Crippen molar-refractivity contribution in [3.63, 3.8) is 0 Å². The summed E-state index contributed by atoms with van der Waals surface area (Å²) in [4.78, 5) is 11.6. The van der Waals surface area contributed by atoms with Gasteiger partial charge in [0.05, 0.1) is 6.42 Å². The first kappa shape index (κ1) is 12.6. The van der Waals surface area contributed by atoms with Crippen LogP contribution in [0.5, 0.6) is 0 Å². The minimum absolute atomic E-state index is 0.0932. The Hall–Kier alpha value is -1.42. The highest BCUT2D eigenvalue weighted by Crippen LogP contribution is 1.98. The van der Waals surface area contributed by atoms with Crippen LogP contribution in [0.1, 0.15) is 19.4 Å². The van der Waals surface area contributed by atoms with Crippen LogP contribution in [0.3, 0.4) is 0 Å². The Morgan fingerprint density at radius 2 is 1.94 bits per heavy atom. The van der Waals surface area contributed by atoms with Crippen LogP contribution in [0.15, 0.2) is 30.3 Å². The van der Waals surface area contributed by atoms with Gasteiger partial charge in [-0.3, -0.25) is 4.79 Å². The maximum absolute atomic E-state index is 11.6. The number of rotatable bonds is 3. The molecule has 0 saturated heterocycles. The quantitative estimate of drug-likeness (QED) is 0.784. The number of hydrogen-bond donors (Lipinski definition) is 2. The molecular formula is C12H16N2OS. The minimum Gasteiger partial charge on any atom is -0.360 e. The average Bonchev–Trinajstić information content (AvgIpc) is 2.17. The molecule has 1 aromatic rings. The second-order valence-corrected chi connectivity index (χ2v) is 4.25. The maximum Gasteiger partial charge on any atom is 0.230 e. The molecule has 0 aliphatic rings. The van der Waals surface area contributed by atoms with E-state index in [-0.39, 0.29) is 11.9 Å². The third-order valence-corrected chi connectivity index (χ3v) is 2.10. The van der Waals surface area contributed by atoms with E-state index in [4.69, 9.17) is 12.2 Å². The molecule has 0 unspecified atom stereocenters. The van der Waals surface area contributed by atoms with Crippen molar-refractivity contribution in [2.24, 2.45) is 0 Å². The summed E-state index contributed by atoms with van der Waals surface area (Å²) in [6.07, 6.45) is 0.348. The van der Waals surface area contributed by atoms with Gasteiger partial charge in [-0.25, -0.2) is 0 Å². The van der Waals surface area contributed by atoms with Gasteiger partial charge in [-0.15, -0.1) is 0 Å². The van der Waals surface area contributed by atoms with Crippen molar-refractivity contribution in [2.45, 2.75) is 26.3 Å². The van der Waals surface area contributed by atoms with Crippen molar-refractivity contribution in [2.75, 3.05) is 0 Å². The maximum atomic E-state index is 11.6. The molecule has 0 spiro atoms. The van der Waals surface area contributed by atoms with Crippen LogP contribution in [0.25, 0.3) is 0 Å². The fourth-order valence-corrected chi connectivity index (χ4v) is 1.60. The van der Waals surface area contributed by atoms with Crippen LogP contribution in [-0.4, -0.2) is 17.1 Å². The summed E-state index contributed by atoms with van der Waals surface area (Å²) in [6, 6.07) is 9.80. The summed E-state index contributed by atoms with van der Waals surface area (Å²) in [5.41, 5.74) is 0.979. The Kier molecular flexibility index (Phi) is 4.92. The van der Waals surface area contributed by atoms with E-state index in [1.807, 2.05) is 44.2 Å². The van der Waals surface area contributed by atoms with Gasteiger partial charge in [0.1, 0.15) is 0 Å². The van der Waals surface area contributed by atoms with Gasteiger partial charge in [-0.1, -0.05) is 30.3 Å². The van der Waals surface area contributed by atoms with Gasteiger partial charge in [0.2, 0.25) is 5.91 Å². The van der Waals surface area contributed by atoms with Crippen LogP contribution in [-0.2, 0) is 11.2 Å². The van der Waals surface area contributed by atoms with Gasteiger partial charge in [0.15, 0.2) is 5.11 Å². The molecule has 4 heteroatoms. The molecule has 1 rings (SSSR count). The molecule has 3 nitrogen and oxygen atoms in total. The van der Waals surface area contributed by atoms with E-state index < -0.39 is 0 Å². The van der Waals surface area contributed by atoms with E-state index >= 15 is 0 Å². The molecule has 0 aromatic heterocycles. The molecule has 0 saturated carbocycles. The molecule has 0 radical (unpaired) electrons. The molecule has 0 fully saturated rings. The standard InChI is InChI=1S/C12H16N2OS/c1-9(2)13-12(16)14-11(15)8-10-6-4-3-5-7-10/h3-7,9H,8H2,1-2H3,(H2,13,14,15,16). The summed E-state index contributed by atoms with van der Waals surface area (Å²) in [6.45, 7) is 3.94. The molecule has 1 amide bonds. The second-order valence-electron chi connectivity index (χ2n) is 3.84. The number of nitrogens with one attached hydrogen (secondary N) is 2. The largest absolute Gasteiger partial charge is 0.360 e. The fourth-order valence-electron chi connectivity index (χ4n) is 1.25. The van der Waals surface area contributed by atoms with Crippen LogP contribution in [0.2, 0.25) is 0 Å². The van der Waals surface area contributed by atoms with Gasteiger partial charge < -0.3 is 10.6 Å². The van der Waals surface area contributed by atoms with E-state index in [1.54, 1.807) is 0 Å². The van der Waals surface area contributed by atoms with Gasteiger partial charge >= 0.3 is 0 Å². The van der Waals surface area contributed by atoms with Crippen molar-refractivity contribution in [1.29, 1.82) is 0 Å². The predicted molar refractivity (Wildman–Crippen MR) is 69.2 cm³/mol.